The Hall–Kier alpha value is -3.25. The van der Waals surface area contributed by atoms with Gasteiger partial charge in [0.15, 0.2) is 12.4 Å². The highest BCUT2D eigenvalue weighted by atomic mass is 35.5. The standard InChI is InChI=1S/C28H24ClNO5/c29-17-8-6-16(7-9-17)23(31)14-35-28(34)22(12-15-4-2-1-3-5-15)30-26(32)24-18-10-11-19(21-13-20(18)21)25(24)27(30)33/h1-11,18-22,24-25H,12-14H2/t18-,19-,20-,21-,22-,24-,25+/m0/s1. The third-order valence-corrected chi connectivity index (χ3v) is 8.32. The van der Waals surface area contributed by atoms with E-state index in [4.69, 9.17) is 16.3 Å². The lowest BCUT2D eigenvalue weighted by atomic mass is 9.63. The van der Waals surface area contributed by atoms with E-state index in [9.17, 15) is 19.2 Å². The fourth-order valence-electron chi connectivity index (χ4n) is 6.36. The molecule has 2 aromatic carbocycles. The van der Waals surface area contributed by atoms with E-state index < -0.39 is 30.5 Å². The van der Waals surface area contributed by atoms with Crippen molar-refractivity contribution in [3.8, 4) is 0 Å². The third-order valence-electron chi connectivity index (χ3n) is 8.06. The molecular weight excluding hydrogens is 466 g/mol. The lowest BCUT2D eigenvalue weighted by molar-refractivity contribution is -0.158. The average molecular weight is 490 g/mol. The lowest BCUT2D eigenvalue weighted by Crippen LogP contribution is -2.48. The third kappa shape index (κ3) is 3.71. The molecule has 5 aliphatic rings. The number of rotatable bonds is 7. The number of esters is 1. The van der Waals surface area contributed by atoms with E-state index >= 15 is 0 Å². The number of ether oxygens (including phenoxy) is 1. The Labute approximate surface area is 207 Å². The maximum absolute atomic E-state index is 13.6. The van der Waals surface area contributed by atoms with Crippen LogP contribution in [0, 0.1) is 35.5 Å². The molecule has 35 heavy (non-hydrogen) atoms. The van der Waals surface area contributed by atoms with E-state index in [1.807, 2.05) is 30.3 Å². The minimum Gasteiger partial charge on any atom is -0.456 e. The number of imide groups is 1. The molecule has 4 aliphatic carbocycles. The minimum absolute atomic E-state index is 0.0660. The number of nitrogens with zero attached hydrogens (tertiary/aromatic N) is 1. The molecule has 7 atom stereocenters. The van der Waals surface area contributed by atoms with Crippen LogP contribution < -0.4 is 0 Å². The molecule has 3 fully saturated rings. The molecule has 0 spiro atoms. The van der Waals surface area contributed by atoms with Crippen molar-refractivity contribution < 1.29 is 23.9 Å². The summed E-state index contributed by atoms with van der Waals surface area (Å²) in [4.78, 5) is 54.3. The summed E-state index contributed by atoms with van der Waals surface area (Å²) in [5.41, 5.74) is 1.17. The van der Waals surface area contributed by atoms with Gasteiger partial charge in [-0.25, -0.2) is 4.79 Å². The number of carbonyl (C=O) groups is 4. The Morgan fingerprint density at radius 3 is 2.11 bits per heavy atom. The molecule has 2 amide bonds. The second-order valence-electron chi connectivity index (χ2n) is 9.94. The van der Waals surface area contributed by atoms with E-state index in [2.05, 4.69) is 12.2 Å². The molecule has 178 valence electrons. The fourth-order valence-corrected chi connectivity index (χ4v) is 6.48. The van der Waals surface area contributed by atoms with Gasteiger partial charge in [0, 0.05) is 17.0 Å². The van der Waals surface area contributed by atoms with Crippen molar-refractivity contribution in [1.82, 2.24) is 4.90 Å². The average Bonchev–Trinajstić information content (AvgIpc) is 3.65. The molecular formula is C28H24ClNO5. The van der Waals surface area contributed by atoms with Gasteiger partial charge in [0.1, 0.15) is 6.04 Å². The first-order chi connectivity index (χ1) is 16.9. The first kappa shape index (κ1) is 22.2. The van der Waals surface area contributed by atoms with E-state index in [1.54, 1.807) is 24.3 Å². The molecule has 6 nitrogen and oxygen atoms in total. The minimum atomic E-state index is -1.11. The highest BCUT2D eigenvalue weighted by Gasteiger charge is 2.68. The second-order valence-corrected chi connectivity index (χ2v) is 10.4. The Morgan fingerprint density at radius 2 is 1.51 bits per heavy atom. The number of hydrogen-bond acceptors (Lipinski definition) is 5. The zero-order valence-electron chi connectivity index (χ0n) is 18.9. The maximum atomic E-state index is 13.6. The molecule has 2 bridgehead atoms. The zero-order chi connectivity index (χ0) is 24.3. The van der Waals surface area contributed by atoms with Crippen LogP contribution in [0.15, 0.2) is 66.7 Å². The van der Waals surface area contributed by atoms with Gasteiger partial charge < -0.3 is 4.74 Å². The van der Waals surface area contributed by atoms with E-state index in [1.165, 1.54) is 0 Å². The van der Waals surface area contributed by atoms with Crippen LogP contribution in [-0.2, 0) is 25.5 Å². The maximum Gasteiger partial charge on any atom is 0.330 e. The topological polar surface area (TPSA) is 80.8 Å². The summed E-state index contributed by atoms with van der Waals surface area (Å²) in [6, 6.07) is 14.4. The van der Waals surface area contributed by atoms with Gasteiger partial charge in [0.2, 0.25) is 11.8 Å². The summed E-state index contributed by atoms with van der Waals surface area (Å²) in [7, 11) is 0. The van der Waals surface area contributed by atoms with Crippen LogP contribution in [0.3, 0.4) is 0 Å². The molecule has 2 saturated carbocycles. The summed E-state index contributed by atoms with van der Waals surface area (Å²) < 4.78 is 5.40. The largest absolute Gasteiger partial charge is 0.456 e. The predicted octanol–water partition coefficient (Wildman–Crippen LogP) is 3.73. The summed E-state index contributed by atoms with van der Waals surface area (Å²) in [5.74, 6) is -1.43. The van der Waals surface area contributed by atoms with Crippen molar-refractivity contribution in [2.24, 2.45) is 35.5 Å². The summed E-state index contributed by atoms with van der Waals surface area (Å²) in [6.45, 7) is -0.480. The number of benzene rings is 2. The predicted molar refractivity (Wildman–Crippen MR) is 127 cm³/mol. The van der Waals surface area contributed by atoms with Crippen LogP contribution in [-0.4, -0.2) is 41.1 Å². The number of amides is 2. The Morgan fingerprint density at radius 1 is 0.914 bits per heavy atom. The molecule has 1 heterocycles. The monoisotopic (exact) mass is 489 g/mol. The van der Waals surface area contributed by atoms with E-state index in [0.29, 0.717) is 22.4 Å². The van der Waals surface area contributed by atoms with Gasteiger partial charge in [-0.2, -0.15) is 0 Å². The molecule has 2 aromatic rings. The Balaban J connectivity index is 1.25. The number of ketones is 1. The fraction of sp³-hybridized carbons (Fsp3) is 0.357. The van der Waals surface area contributed by atoms with E-state index in [-0.39, 0.29) is 35.9 Å². The van der Waals surface area contributed by atoms with Gasteiger partial charge >= 0.3 is 5.97 Å². The van der Waals surface area contributed by atoms with Crippen molar-refractivity contribution >= 4 is 35.2 Å². The van der Waals surface area contributed by atoms with E-state index in [0.717, 1.165) is 16.9 Å². The normalized spacial score (nSPS) is 30.6. The molecule has 0 radical (unpaired) electrons. The molecule has 1 saturated heterocycles. The number of likely N-dealkylation sites (tertiary alicyclic amines) is 1. The molecule has 7 rings (SSSR count). The number of carbonyl (C=O) groups excluding carboxylic acids is 4. The molecule has 7 heteroatoms. The van der Waals surface area contributed by atoms with Crippen molar-refractivity contribution in [2.75, 3.05) is 6.61 Å². The molecule has 0 unspecified atom stereocenters. The van der Waals surface area contributed by atoms with Crippen molar-refractivity contribution in [3.05, 3.63) is 82.9 Å². The van der Waals surface area contributed by atoms with Crippen molar-refractivity contribution in [2.45, 2.75) is 18.9 Å². The van der Waals surface area contributed by atoms with Gasteiger partial charge in [0.25, 0.3) is 0 Å². The number of allylic oxidation sites excluding steroid dienone is 2. The van der Waals surface area contributed by atoms with Gasteiger partial charge in [-0.15, -0.1) is 0 Å². The van der Waals surface area contributed by atoms with Crippen LogP contribution in [0.1, 0.15) is 22.3 Å². The van der Waals surface area contributed by atoms with Crippen LogP contribution in [0.4, 0.5) is 0 Å². The molecule has 0 aromatic heterocycles. The summed E-state index contributed by atoms with van der Waals surface area (Å²) in [5, 5.41) is 0.495. The number of Topliss-reactive ketones (excluding diaryl/α,β-unsaturated/α-hetero) is 1. The van der Waals surface area contributed by atoms with Gasteiger partial charge in [-0.1, -0.05) is 54.1 Å². The van der Waals surface area contributed by atoms with Gasteiger partial charge in [-0.05, 0) is 59.9 Å². The van der Waals surface area contributed by atoms with Crippen molar-refractivity contribution in [3.63, 3.8) is 0 Å². The first-order valence-corrected chi connectivity index (χ1v) is 12.4. The van der Waals surface area contributed by atoms with Crippen LogP contribution in [0.2, 0.25) is 5.02 Å². The lowest BCUT2D eigenvalue weighted by Gasteiger charge is -2.37. The first-order valence-electron chi connectivity index (χ1n) is 12.0. The number of hydrogen-bond donors (Lipinski definition) is 0. The smallest absolute Gasteiger partial charge is 0.330 e. The van der Waals surface area contributed by atoms with Crippen LogP contribution in [0.25, 0.3) is 0 Å². The van der Waals surface area contributed by atoms with Gasteiger partial charge in [-0.3, -0.25) is 19.3 Å². The van der Waals surface area contributed by atoms with Crippen LogP contribution >= 0.6 is 11.6 Å². The van der Waals surface area contributed by atoms with Crippen molar-refractivity contribution in [1.29, 1.82) is 0 Å². The summed E-state index contributed by atoms with van der Waals surface area (Å²) >= 11 is 5.88. The quantitative estimate of drug-likeness (QED) is 0.256. The zero-order valence-corrected chi connectivity index (χ0v) is 19.6. The highest BCUT2D eigenvalue weighted by Crippen LogP contribution is 2.65. The number of halogens is 1. The molecule has 0 N–H and O–H groups in total. The Kier molecular flexibility index (Phi) is 5.37. The second kappa shape index (κ2) is 8.45. The van der Waals surface area contributed by atoms with Crippen LogP contribution in [0.5, 0.6) is 0 Å². The molecule has 1 aliphatic heterocycles. The SMILES string of the molecule is O=C(COC(=O)[C@H](Cc1ccccc1)N1C(=O)[C@@H]2[C@H]3C=C[C@@H]([C@@H]4C[C@@H]34)[C@@H]2C1=O)c1ccc(Cl)cc1. The Bertz CT molecular complexity index is 1200. The summed E-state index contributed by atoms with van der Waals surface area (Å²) in [6.07, 6.45) is 5.41. The van der Waals surface area contributed by atoms with Gasteiger partial charge in [0.05, 0.1) is 11.8 Å². The highest BCUT2D eigenvalue weighted by molar-refractivity contribution is 6.30.